The van der Waals surface area contributed by atoms with Gasteiger partial charge in [0.05, 0.1) is 6.61 Å². The average Bonchev–Trinajstić information content (AvgIpc) is 2.70. The molecular formula is C23H24N2O3. The molecule has 0 spiro atoms. The zero-order valence-electron chi connectivity index (χ0n) is 16.1. The summed E-state index contributed by atoms with van der Waals surface area (Å²) < 4.78 is 6.97. The van der Waals surface area contributed by atoms with Crippen LogP contribution in [0.1, 0.15) is 39.7 Å². The van der Waals surface area contributed by atoms with Crippen molar-refractivity contribution in [2.75, 3.05) is 12.3 Å². The summed E-state index contributed by atoms with van der Waals surface area (Å²) in [5.41, 5.74) is 9.04. The molecule has 0 aliphatic heterocycles. The van der Waals surface area contributed by atoms with E-state index in [4.69, 9.17) is 10.5 Å². The van der Waals surface area contributed by atoms with Crippen LogP contribution >= 0.6 is 0 Å². The number of nitrogens with zero attached hydrogens (tertiary/aromatic N) is 1. The first-order chi connectivity index (χ1) is 13.5. The highest BCUT2D eigenvalue weighted by atomic mass is 16.5. The molecule has 5 nitrogen and oxygen atoms in total. The number of rotatable bonds is 6. The molecule has 28 heavy (non-hydrogen) atoms. The molecule has 0 saturated heterocycles. The van der Waals surface area contributed by atoms with Gasteiger partial charge in [0, 0.05) is 24.2 Å². The predicted octanol–water partition coefficient (Wildman–Crippen LogP) is 3.55. The van der Waals surface area contributed by atoms with Gasteiger partial charge in [-0.25, -0.2) is 4.79 Å². The molecule has 0 aliphatic carbocycles. The van der Waals surface area contributed by atoms with Crippen LogP contribution in [0.2, 0.25) is 0 Å². The Balaban J connectivity index is 2.17. The molecule has 0 atom stereocenters. The van der Waals surface area contributed by atoms with Crippen LogP contribution in [0.25, 0.3) is 0 Å². The quantitative estimate of drug-likeness (QED) is 0.668. The van der Waals surface area contributed by atoms with Crippen molar-refractivity contribution in [3.63, 3.8) is 0 Å². The smallest absolute Gasteiger partial charge is 0.343 e. The maximum Gasteiger partial charge on any atom is 0.343 e. The minimum Gasteiger partial charge on any atom is -0.462 e. The molecule has 144 valence electrons. The van der Waals surface area contributed by atoms with Gasteiger partial charge in [-0.3, -0.25) is 4.79 Å². The van der Waals surface area contributed by atoms with E-state index >= 15 is 0 Å². The number of anilines is 1. The number of hydrogen-bond acceptors (Lipinski definition) is 4. The van der Waals surface area contributed by atoms with Crippen LogP contribution in [-0.2, 0) is 17.7 Å². The Morgan fingerprint density at radius 2 is 1.57 bits per heavy atom. The number of carbonyl (C=O) groups excluding carboxylic acids is 1. The van der Waals surface area contributed by atoms with E-state index in [0.717, 1.165) is 11.1 Å². The summed E-state index contributed by atoms with van der Waals surface area (Å²) in [6.07, 6.45) is 0.354. The third kappa shape index (κ3) is 3.98. The van der Waals surface area contributed by atoms with Crippen molar-refractivity contribution in [1.82, 2.24) is 4.57 Å². The molecule has 0 saturated carbocycles. The molecule has 1 aromatic heterocycles. The number of hydrogen-bond donors (Lipinski definition) is 1. The third-order valence-electron chi connectivity index (χ3n) is 4.75. The number of carbonyl (C=O) groups is 1. The standard InChI is InChI=1S/C23H24N2O3/c1-3-28-23(27)20-16(2)25(15-18-12-8-5-9-13-18)22(24)19(21(20)26)14-17-10-6-4-7-11-17/h4-13H,3,14-15,24H2,1-2H3. The molecule has 5 heteroatoms. The predicted molar refractivity (Wildman–Crippen MR) is 111 cm³/mol. The number of pyridine rings is 1. The lowest BCUT2D eigenvalue weighted by Crippen LogP contribution is -2.29. The van der Waals surface area contributed by atoms with Crippen LogP contribution in [0.5, 0.6) is 0 Å². The highest BCUT2D eigenvalue weighted by molar-refractivity contribution is 5.91. The fraction of sp³-hybridized carbons (Fsp3) is 0.217. The van der Waals surface area contributed by atoms with Crippen molar-refractivity contribution in [2.24, 2.45) is 0 Å². The summed E-state index contributed by atoms with van der Waals surface area (Å²) in [7, 11) is 0. The van der Waals surface area contributed by atoms with E-state index in [1.165, 1.54) is 0 Å². The highest BCUT2D eigenvalue weighted by Gasteiger charge is 2.23. The summed E-state index contributed by atoms with van der Waals surface area (Å²) >= 11 is 0. The molecule has 0 unspecified atom stereocenters. The van der Waals surface area contributed by atoms with Gasteiger partial charge in [0.2, 0.25) is 5.43 Å². The Labute approximate surface area is 164 Å². The highest BCUT2D eigenvalue weighted by Crippen LogP contribution is 2.20. The van der Waals surface area contributed by atoms with Crippen molar-refractivity contribution < 1.29 is 9.53 Å². The van der Waals surface area contributed by atoms with E-state index in [1.54, 1.807) is 13.8 Å². The van der Waals surface area contributed by atoms with E-state index in [2.05, 4.69) is 0 Å². The molecule has 0 bridgehead atoms. The lowest BCUT2D eigenvalue weighted by atomic mass is 10.0. The van der Waals surface area contributed by atoms with E-state index < -0.39 is 5.97 Å². The van der Waals surface area contributed by atoms with Gasteiger partial charge in [-0.2, -0.15) is 0 Å². The van der Waals surface area contributed by atoms with E-state index in [1.807, 2.05) is 65.2 Å². The van der Waals surface area contributed by atoms with E-state index in [0.29, 0.717) is 30.0 Å². The molecule has 2 N–H and O–H groups in total. The van der Waals surface area contributed by atoms with Crippen LogP contribution < -0.4 is 11.2 Å². The van der Waals surface area contributed by atoms with Crippen molar-refractivity contribution in [2.45, 2.75) is 26.8 Å². The lowest BCUT2D eigenvalue weighted by Gasteiger charge is -2.20. The third-order valence-corrected chi connectivity index (χ3v) is 4.75. The number of benzene rings is 2. The van der Waals surface area contributed by atoms with Crippen molar-refractivity contribution in [3.05, 3.63) is 98.8 Å². The monoisotopic (exact) mass is 376 g/mol. The Morgan fingerprint density at radius 1 is 1.00 bits per heavy atom. The first kappa shape index (κ1) is 19.4. The molecule has 0 fully saturated rings. The second kappa shape index (κ2) is 8.57. The van der Waals surface area contributed by atoms with Crippen LogP contribution in [0.4, 0.5) is 5.82 Å². The van der Waals surface area contributed by atoms with Gasteiger partial charge in [0.1, 0.15) is 11.4 Å². The Kier molecular flexibility index (Phi) is 5.94. The lowest BCUT2D eigenvalue weighted by molar-refractivity contribution is 0.0522. The van der Waals surface area contributed by atoms with Gasteiger partial charge in [-0.05, 0) is 25.0 Å². The Morgan fingerprint density at radius 3 is 2.14 bits per heavy atom. The van der Waals surface area contributed by atoms with Gasteiger partial charge < -0.3 is 15.0 Å². The fourth-order valence-electron chi connectivity index (χ4n) is 3.29. The number of esters is 1. The summed E-state index contributed by atoms with van der Waals surface area (Å²) in [6, 6.07) is 19.4. The van der Waals surface area contributed by atoms with Crippen molar-refractivity contribution in [3.8, 4) is 0 Å². The van der Waals surface area contributed by atoms with Gasteiger partial charge >= 0.3 is 5.97 Å². The van der Waals surface area contributed by atoms with E-state index in [9.17, 15) is 9.59 Å². The summed E-state index contributed by atoms with van der Waals surface area (Å²) in [5.74, 6) is -0.232. The molecule has 2 aromatic carbocycles. The van der Waals surface area contributed by atoms with Crippen LogP contribution in [0.3, 0.4) is 0 Å². The minimum atomic E-state index is -0.610. The normalized spacial score (nSPS) is 10.6. The van der Waals surface area contributed by atoms with Gasteiger partial charge in [0.25, 0.3) is 0 Å². The molecule has 0 radical (unpaired) electrons. The molecule has 0 aliphatic rings. The zero-order valence-corrected chi connectivity index (χ0v) is 16.1. The minimum absolute atomic E-state index is 0.0536. The average molecular weight is 376 g/mol. The topological polar surface area (TPSA) is 74.3 Å². The van der Waals surface area contributed by atoms with Crippen LogP contribution in [0.15, 0.2) is 65.5 Å². The van der Waals surface area contributed by atoms with Gasteiger partial charge in [0.15, 0.2) is 0 Å². The van der Waals surface area contributed by atoms with Crippen molar-refractivity contribution >= 4 is 11.8 Å². The summed E-state index contributed by atoms with van der Waals surface area (Å²) in [4.78, 5) is 25.7. The fourth-order valence-corrected chi connectivity index (χ4v) is 3.29. The second-order valence-electron chi connectivity index (χ2n) is 6.61. The van der Waals surface area contributed by atoms with Gasteiger partial charge in [-0.15, -0.1) is 0 Å². The Bertz CT molecular complexity index is 1030. The summed E-state index contributed by atoms with van der Waals surface area (Å²) in [6.45, 7) is 4.12. The first-order valence-electron chi connectivity index (χ1n) is 9.29. The first-order valence-corrected chi connectivity index (χ1v) is 9.29. The maximum absolute atomic E-state index is 13.1. The molecule has 3 aromatic rings. The zero-order chi connectivity index (χ0) is 20.1. The van der Waals surface area contributed by atoms with Crippen LogP contribution in [-0.4, -0.2) is 17.1 Å². The van der Waals surface area contributed by atoms with Crippen molar-refractivity contribution in [1.29, 1.82) is 0 Å². The SMILES string of the molecule is CCOC(=O)c1c(C)n(Cc2ccccc2)c(N)c(Cc2ccccc2)c1=O. The maximum atomic E-state index is 13.1. The second-order valence-corrected chi connectivity index (χ2v) is 6.61. The molecular weight excluding hydrogens is 352 g/mol. The largest absolute Gasteiger partial charge is 0.462 e. The number of aromatic nitrogens is 1. The number of nitrogen functional groups attached to an aromatic ring is 1. The summed E-state index contributed by atoms with van der Waals surface area (Å²) in [5, 5.41) is 0. The number of ether oxygens (including phenoxy) is 1. The van der Waals surface area contributed by atoms with Crippen LogP contribution in [0, 0.1) is 6.92 Å². The Hall–Kier alpha value is -3.34. The molecule has 1 heterocycles. The number of nitrogens with two attached hydrogens (primary N) is 1. The van der Waals surface area contributed by atoms with Gasteiger partial charge in [-0.1, -0.05) is 60.7 Å². The molecule has 0 amide bonds. The molecule has 3 rings (SSSR count). The van der Waals surface area contributed by atoms with E-state index in [-0.39, 0.29) is 17.6 Å².